The van der Waals surface area contributed by atoms with E-state index in [1.165, 1.54) is 12.8 Å². The van der Waals surface area contributed by atoms with Crippen molar-refractivity contribution in [3.63, 3.8) is 0 Å². The highest BCUT2D eigenvalue weighted by Crippen LogP contribution is 2.33. The van der Waals surface area contributed by atoms with Gasteiger partial charge in [-0.2, -0.15) is 0 Å². The van der Waals surface area contributed by atoms with Crippen LogP contribution in [0.2, 0.25) is 0 Å². The van der Waals surface area contributed by atoms with Crippen LogP contribution in [-0.2, 0) is 6.54 Å². The first kappa shape index (κ1) is 12.4. The van der Waals surface area contributed by atoms with E-state index in [4.69, 9.17) is 0 Å². The first-order valence-electron chi connectivity index (χ1n) is 6.73. The summed E-state index contributed by atoms with van der Waals surface area (Å²) in [7, 11) is 0. The van der Waals surface area contributed by atoms with E-state index in [-0.39, 0.29) is 5.69 Å². The van der Waals surface area contributed by atoms with Crippen molar-refractivity contribution in [1.82, 2.24) is 14.5 Å². The van der Waals surface area contributed by atoms with Crippen molar-refractivity contribution in [2.45, 2.75) is 58.2 Å². The molecule has 1 N–H and O–H groups in total. The van der Waals surface area contributed by atoms with Gasteiger partial charge in [0.25, 0.3) is 0 Å². The first-order chi connectivity index (χ1) is 8.22. The molecule has 0 aromatic carbocycles. The zero-order chi connectivity index (χ0) is 12.3. The third kappa shape index (κ3) is 3.22. The van der Waals surface area contributed by atoms with E-state index in [1.54, 1.807) is 0 Å². The Kier molecular flexibility index (Phi) is 4.05. The molecule has 4 heteroatoms. The third-order valence-corrected chi connectivity index (χ3v) is 3.38. The minimum absolute atomic E-state index is 0.150. The summed E-state index contributed by atoms with van der Waals surface area (Å²) < 4.78 is 3.68. The first-order valence-corrected chi connectivity index (χ1v) is 6.73. The van der Waals surface area contributed by atoms with Crippen LogP contribution in [0.1, 0.15) is 45.6 Å². The number of hydrogen-bond donors (Lipinski definition) is 1. The number of aromatic nitrogens is 2. The van der Waals surface area contributed by atoms with E-state index in [1.807, 2.05) is 21.5 Å². The number of imidazole rings is 1. The highest BCUT2D eigenvalue weighted by molar-refractivity contribution is 4.91. The van der Waals surface area contributed by atoms with Gasteiger partial charge in [0.05, 0.1) is 0 Å². The Bertz CT molecular complexity index is 403. The minimum atomic E-state index is 0.150. The molecule has 1 unspecified atom stereocenters. The van der Waals surface area contributed by atoms with E-state index in [9.17, 15) is 4.79 Å². The van der Waals surface area contributed by atoms with Crippen LogP contribution in [0.4, 0.5) is 0 Å². The summed E-state index contributed by atoms with van der Waals surface area (Å²) in [6.45, 7) is 6.03. The fourth-order valence-corrected chi connectivity index (χ4v) is 2.20. The Hall–Kier alpha value is -1.03. The van der Waals surface area contributed by atoms with Crippen LogP contribution in [0, 0.1) is 0 Å². The second-order valence-corrected chi connectivity index (χ2v) is 5.06. The average molecular weight is 237 g/mol. The molecular weight excluding hydrogens is 214 g/mol. The molecule has 0 aliphatic heterocycles. The van der Waals surface area contributed by atoms with Crippen LogP contribution >= 0.6 is 0 Å². The second-order valence-electron chi connectivity index (χ2n) is 5.06. The second kappa shape index (κ2) is 5.54. The van der Waals surface area contributed by atoms with E-state index < -0.39 is 0 Å². The molecule has 0 radical (unpaired) electrons. The smallest absolute Gasteiger partial charge is 0.312 e. The Morgan fingerprint density at radius 3 is 2.88 bits per heavy atom. The molecule has 1 aliphatic carbocycles. The van der Waals surface area contributed by atoms with Gasteiger partial charge in [-0.3, -0.25) is 9.13 Å². The molecule has 1 fully saturated rings. The van der Waals surface area contributed by atoms with Crippen LogP contribution in [0.5, 0.6) is 0 Å². The Balaban J connectivity index is 1.81. The topological polar surface area (TPSA) is 39.0 Å². The van der Waals surface area contributed by atoms with Gasteiger partial charge >= 0.3 is 5.69 Å². The van der Waals surface area contributed by atoms with Crippen molar-refractivity contribution in [2.75, 3.05) is 6.54 Å². The summed E-state index contributed by atoms with van der Waals surface area (Å²) in [5.74, 6) is 0. The van der Waals surface area contributed by atoms with Gasteiger partial charge in [0, 0.05) is 37.6 Å². The maximum absolute atomic E-state index is 11.9. The highest BCUT2D eigenvalue weighted by atomic mass is 16.1. The van der Waals surface area contributed by atoms with Crippen LogP contribution in [0.3, 0.4) is 0 Å². The van der Waals surface area contributed by atoms with E-state index >= 15 is 0 Å². The normalized spacial score (nSPS) is 17.3. The molecule has 1 atom stereocenters. The molecule has 1 aliphatic rings. The molecule has 96 valence electrons. The standard InChI is InChI=1S/C13H23N3O/c1-3-4-11(2)14-7-8-15-9-10-16(13(15)17)12-5-6-12/h9-12,14H,3-8H2,1-2H3. The monoisotopic (exact) mass is 237 g/mol. The van der Waals surface area contributed by atoms with E-state index in [2.05, 4.69) is 19.2 Å². The van der Waals surface area contributed by atoms with Gasteiger partial charge in [0.1, 0.15) is 0 Å². The molecule has 0 saturated heterocycles. The maximum atomic E-state index is 11.9. The van der Waals surface area contributed by atoms with Crippen molar-refractivity contribution in [3.8, 4) is 0 Å². The largest absolute Gasteiger partial charge is 0.328 e. The van der Waals surface area contributed by atoms with Gasteiger partial charge in [-0.1, -0.05) is 13.3 Å². The molecule has 1 aromatic heterocycles. The number of rotatable bonds is 7. The summed E-state index contributed by atoms with van der Waals surface area (Å²) in [6.07, 6.45) is 8.55. The zero-order valence-corrected chi connectivity index (χ0v) is 10.9. The summed E-state index contributed by atoms with van der Waals surface area (Å²) in [6, 6.07) is 1.02. The summed E-state index contributed by atoms with van der Waals surface area (Å²) >= 11 is 0. The fraction of sp³-hybridized carbons (Fsp3) is 0.769. The Labute approximate surface area is 103 Å². The van der Waals surface area contributed by atoms with Gasteiger partial charge in [0.2, 0.25) is 0 Å². The van der Waals surface area contributed by atoms with Crippen LogP contribution in [-0.4, -0.2) is 21.7 Å². The summed E-state index contributed by atoms with van der Waals surface area (Å²) in [5, 5.41) is 3.44. The predicted molar refractivity (Wildman–Crippen MR) is 69.3 cm³/mol. The van der Waals surface area contributed by atoms with Crippen LogP contribution in [0.25, 0.3) is 0 Å². The molecule has 1 aromatic rings. The van der Waals surface area contributed by atoms with Crippen molar-refractivity contribution in [3.05, 3.63) is 22.9 Å². The van der Waals surface area contributed by atoms with Crippen LogP contribution in [0.15, 0.2) is 17.2 Å². The molecular formula is C13H23N3O. The van der Waals surface area contributed by atoms with Gasteiger partial charge in [-0.15, -0.1) is 0 Å². The molecule has 0 spiro atoms. The Morgan fingerprint density at radius 2 is 2.24 bits per heavy atom. The van der Waals surface area contributed by atoms with Crippen LogP contribution < -0.4 is 11.0 Å². The van der Waals surface area contributed by atoms with Gasteiger partial charge in [-0.05, 0) is 26.2 Å². The zero-order valence-electron chi connectivity index (χ0n) is 10.9. The molecule has 17 heavy (non-hydrogen) atoms. The summed E-state index contributed by atoms with van der Waals surface area (Å²) in [4.78, 5) is 11.9. The molecule has 4 nitrogen and oxygen atoms in total. The maximum Gasteiger partial charge on any atom is 0.328 e. The quantitative estimate of drug-likeness (QED) is 0.785. The number of hydrogen-bond acceptors (Lipinski definition) is 2. The molecule has 0 amide bonds. The summed E-state index contributed by atoms with van der Waals surface area (Å²) in [5.41, 5.74) is 0.150. The molecule has 0 bridgehead atoms. The lowest BCUT2D eigenvalue weighted by molar-refractivity contribution is 0.479. The third-order valence-electron chi connectivity index (χ3n) is 3.38. The lowest BCUT2D eigenvalue weighted by Gasteiger charge is -2.12. The van der Waals surface area contributed by atoms with E-state index in [0.29, 0.717) is 12.1 Å². The molecule has 1 saturated carbocycles. The average Bonchev–Trinajstić information content (AvgIpc) is 3.06. The van der Waals surface area contributed by atoms with Crippen molar-refractivity contribution in [2.24, 2.45) is 0 Å². The highest BCUT2D eigenvalue weighted by Gasteiger charge is 2.25. The SMILES string of the molecule is CCCC(C)NCCn1ccn(C2CC2)c1=O. The molecule has 2 rings (SSSR count). The minimum Gasteiger partial charge on any atom is -0.312 e. The number of nitrogens with one attached hydrogen (secondary N) is 1. The number of nitrogens with zero attached hydrogens (tertiary/aromatic N) is 2. The van der Waals surface area contributed by atoms with Gasteiger partial charge in [0.15, 0.2) is 0 Å². The predicted octanol–water partition coefficient (Wildman–Crippen LogP) is 1.76. The van der Waals surface area contributed by atoms with Crippen molar-refractivity contribution < 1.29 is 0 Å². The Morgan fingerprint density at radius 1 is 1.47 bits per heavy atom. The van der Waals surface area contributed by atoms with Gasteiger partial charge in [-0.25, -0.2) is 4.79 Å². The lowest BCUT2D eigenvalue weighted by atomic mass is 10.2. The van der Waals surface area contributed by atoms with Gasteiger partial charge < -0.3 is 5.32 Å². The van der Waals surface area contributed by atoms with Crippen molar-refractivity contribution >= 4 is 0 Å². The molecule has 1 heterocycles. The lowest BCUT2D eigenvalue weighted by Crippen LogP contribution is -2.32. The van der Waals surface area contributed by atoms with E-state index in [0.717, 1.165) is 25.9 Å². The fourth-order valence-electron chi connectivity index (χ4n) is 2.20. The van der Waals surface area contributed by atoms with Crippen molar-refractivity contribution in [1.29, 1.82) is 0 Å².